The zero-order valence-electron chi connectivity index (χ0n) is 7.84. The van der Waals surface area contributed by atoms with E-state index in [1.54, 1.807) is 6.92 Å². The molecule has 6 nitrogen and oxygen atoms in total. The number of aryl methyl sites for hydroxylation is 2. The Labute approximate surface area is 90.9 Å². The third-order valence-electron chi connectivity index (χ3n) is 1.77. The fourth-order valence-corrected chi connectivity index (χ4v) is 1.76. The summed E-state index contributed by atoms with van der Waals surface area (Å²) in [7, 11) is 1.24. The fourth-order valence-electron chi connectivity index (χ4n) is 1.04. The molecule has 0 aliphatic rings. The van der Waals surface area contributed by atoms with Crippen molar-refractivity contribution in [2.45, 2.75) is 24.9 Å². The van der Waals surface area contributed by atoms with Gasteiger partial charge in [0.05, 0.1) is 6.42 Å². The van der Waals surface area contributed by atoms with Gasteiger partial charge in [-0.05, 0) is 6.92 Å². The van der Waals surface area contributed by atoms with Crippen LogP contribution in [0.15, 0.2) is 11.2 Å². The maximum absolute atomic E-state index is 10.9. The van der Waals surface area contributed by atoms with E-state index in [9.17, 15) is 13.2 Å². The second-order valence-electron chi connectivity index (χ2n) is 2.90. The van der Waals surface area contributed by atoms with Crippen molar-refractivity contribution in [2.24, 2.45) is 0 Å². The van der Waals surface area contributed by atoms with Crippen LogP contribution in [0.1, 0.15) is 12.2 Å². The smallest absolute Gasteiger partial charge is 0.305 e. The van der Waals surface area contributed by atoms with Crippen LogP contribution in [-0.4, -0.2) is 29.0 Å². The Morgan fingerprint density at radius 3 is 2.67 bits per heavy atom. The Morgan fingerprint density at radius 1 is 1.67 bits per heavy atom. The summed E-state index contributed by atoms with van der Waals surface area (Å²) >= 11 is 0. The Bertz CT molecular complexity index is 479. The van der Waals surface area contributed by atoms with E-state index >= 15 is 0 Å². The molecule has 1 aromatic heterocycles. The molecule has 0 unspecified atom stereocenters. The molecule has 8 heteroatoms. The lowest BCUT2D eigenvalue weighted by atomic mass is 10.4. The summed E-state index contributed by atoms with van der Waals surface area (Å²) in [5.74, 6) is -0.547. The van der Waals surface area contributed by atoms with Gasteiger partial charge in [-0.1, -0.05) is 0 Å². The number of aliphatic carboxylic acids is 1. The Kier molecular flexibility index (Phi) is 3.35. The minimum absolute atomic E-state index is 0.0982. The summed E-state index contributed by atoms with van der Waals surface area (Å²) in [5, 5.41) is 8.20. The second kappa shape index (κ2) is 4.19. The minimum atomic E-state index is -3.85. The van der Waals surface area contributed by atoms with E-state index in [1.165, 1.54) is 10.8 Å². The Morgan fingerprint density at radius 2 is 2.27 bits per heavy atom. The largest absolute Gasteiger partial charge is 0.481 e. The van der Waals surface area contributed by atoms with Crippen LogP contribution in [0.4, 0.5) is 0 Å². The van der Waals surface area contributed by atoms with Gasteiger partial charge >= 0.3 is 5.97 Å². The molecule has 0 aromatic carbocycles. The van der Waals surface area contributed by atoms with Crippen molar-refractivity contribution < 1.29 is 18.3 Å². The molecule has 0 saturated heterocycles. The maximum atomic E-state index is 10.9. The highest BCUT2D eigenvalue weighted by molar-refractivity contribution is 8.13. The zero-order valence-corrected chi connectivity index (χ0v) is 9.42. The maximum Gasteiger partial charge on any atom is 0.305 e. The number of rotatable bonds is 4. The first-order valence-corrected chi connectivity index (χ1v) is 6.32. The molecule has 0 bridgehead atoms. The van der Waals surface area contributed by atoms with Crippen molar-refractivity contribution >= 4 is 25.7 Å². The van der Waals surface area contributed by atoms with E-state index in [-0.39, 0.29) is 18.0 Å². The quantitative estimate of drug-likeness (QED) is 0.793. The van der Waals surface area contributed by atoms with Gasteiger partial charge < -0.3 is 9.67 Å². The van der Waals surface area contributed by atoms with E-state index < -0.39 is 15.0 Å². The molecular formula is C7H9ClN2O4S. The average molecular weight is 253 g/mol. The number of nitrogens with zero attached hydrogens (tertiary/aromatic N) is 2. The molecular weight excluding hydrogens is 244 g/mol. The van der Waals surface area contributed by atoms with E-state index in [0.717, 1.165) is 0 Å². The lowest BCUT2D eigenvalue weighted by molar-refractivity contribution is -0.137. The molecule has 0 aliphatic heterocycles. The molecule has 0 radical (unpaired) electrons. The number of hydrogen-bond donors (Lipinski definition) is 1. The molecule has 0 aliphatic carbocycles. The van der Waals surface area contributed by atoms with Crippen molar-refractivity contribution in [3.63, 3.8) is 0 Å². The van der Waals surface area contributed by atoms with E-state index in [2.05, 4.69) is 4.98 Å². The van der Waals surface area contributed by atoms with Crippen molar-refractivity contribution in [1.82, 2.24) is 9.55 Å². The summed E-state index contributed by atoms with van der Waals surface area (Å²) in [6.45, 7) is 1.74. The SMILES string of the molecule is Cc1nc(S(=O)(=O)Cl)cn1CCC(=O)O. The number of hydrogen-bond acceptors (Lipinski definition) is 4. The van der Waals surface area contributed by atoms with Gasteiger partial charge in [-0.15, -0.1) is 0 Å². The van der Waals surface area contributed by atoms with Gasteiger partial charge in [-0.2, -0.15) is 0 Å². The highest BCUT2D eigenvalue weighted by atomic mass is 35.7. The normalized spacial score (nSPS) is 11.6. The number of halogens is 1. The van der Waals surface area contributed by atoms with Crippen LogP contribution in [0.25, 0.3) is 0 Å². The number of carbonyl (C=O) groups is 1. The molecule has 84 valence electrons. The lowest BCUT2D eigenvalue weighted by Crippen LogP contribution is -2.04. The standard InChI is InChI=1S/C7H9ClN2O4S/c1-5-9-6(15(8,13)14)4-10(5)3-2-7(11)12/h4H,2-3H2,1H3,(H,11,12). The highest BCUT2D eigenvalue weighted by Crippen LogP contribution is 2.14. The van der Waals surface area contributed by atoms with Crippen molar-refractivity contribution in [1.29, 1.82) is 0 Å². The number of carboxylic acid groups (broad SMARTS) is 1. The van der Waals surface area contributed by atoms with Crippen LogP contribution in [0, 0.1) is 6.92 Å². The predicted molar refractivity (Wildman–Crippen MR) is 52.3 cm³/mol. The highest BCUT2D eigenvalue weighted by Gasteiger charge is 2.16. The molecule has 0 saturated carbocycles. The zero-order chi connectivity index (χ0) is 11.6. The summed E-state index contributed by atoms with van der Waals surface area (Å²) in [6.07, 6.45) is 1.12. The topological polar surface area (TPSA) is 89.3 Å². The van der Waals surface area contributed by atoms with Crippen LogP contribution >= 0.6 is 10.7 Å². The van der Waals surface area contributed by atoms with Gasteiger partial charge in [0, 0.05) is 23.4 Å². The van der Waals surface area contributed by atoms with Crippen LogP contribution in [0.3, 0.4) is 0 Å². The molecule has 0 atom stereocenters. The second-order valence-corrected chi connectivity index (χ2v) is 5.41. The van der Waals surface area contributed by atoms with Crippen molar-refractivity contribution in [3.8, 4) is 0 Å². The van der Waals surface area contributed by atoms with E-state index in [1.807, 2.05) is 0 Å². The van der Waals surface area contributed by atoms with Gasteiger partial charge in [0.1, 0.15) is 5.82 Å². The van der Waals surface area contributed by atoms with Gasteiger partial charge in [-0.25, -0.2) is 13.4 Å². The third kappa shape index (κ3) is 3.21. The van der Waals surface area contributed by atoms with Crippen molar-refractivity contribution in [2.75, 3.05) is 0 Å². The van der Waals surface area contributed by atoms with Crippen molar-refractivity contribution in [3.05, 3.63) is 12.0 Å². The van der Waals surface area contributed by atoms with Crippen LogP contribution in [0.2, 0.25) is 0 Å². The molecule has 1 rings (SSSR count). The summed E-state index contributed by atoms with van der Waals surface area (Å²) in [4.78, 5) is 14.0. The fraction of sp³-hybridized carbons (Fsp3) is 0.429. The van der Waals surface area contributed by atoms with E-state index in [4.69, 9.17) is 15.8 Å². The number of imidazole rings is 1. The summed E-state index contributed by atoms with van der Waals surface area (Å²) in [5.41, 5.74) is 0. The van der Waals surface area contributed by atoms with Gasteiger partial charge in [0.2, 0.25) is 0 Å². The Hall–Kier alpha value is -1.08. The predicted octanol–water partition coefficient (Wildman–Crippen LogP) is 0.594. The van der Waals surface area contributed by atoms with Gasteiger partial charge in [0.15, 0.2) is 5.03 Å². The molecule has 1 aromatic rings. The number of aromatic nitrogens is 2. The molecule has 1 heterocycles. The average Bonchev–Trinajstić information content (AvgIpc) is 2.42. The molecule has 15 heavy (non-hydrogen) atoms. The molecule has 0 amide bonds. The lowest BCUT2D eigenvalue weighted by Gasteiger charge is -2.00. The first-order valence-electron chi connectivity index (χ1n) is 4.01. The molecule has 0 fully saturated rings. The van der Waals surface area contributed by atoms with Crippen LogP contribution in [0.5, 0.6) is 0 Å². The first-order chi connectivity index (χ1) is 6.80. The monoisotopic (exact) mass is 252 g/mol. The molecule has 0 spiro atoms. The first kappa shape index (κ1) is 12.0. The van der Waals surface area contributed by atoms with E-state index in [0.29, 0.717) is 5.82 Å². The number of carboxylic acids is 1. The Balaban J connectivity index is 2.92. The van der Waals surface area contributed by atoms with Crippen LogP contribution < -0.4 is 0 Å². The third-order valence-corrected chi connectivity index (χ3v) is 2.94. The van der Waals surface area contributed by atoms with Gasteiger partial charge in [0.25, 0.3) is 9.05 Å². The summed E-state index contributed by atoms with van der Waals surface area (Å²) in [6, 6.07) is 0. The summed E-state index contributed by atoms with van der Waals surface area (Å²) < 4.78 is 23.3. The molecule has 1 N–H and O–H groups in total. The minimum Gasteiger partial charge on any atom is -0.481 e. The van der Waals surface area contributed by atoms with Crippen LogP contribution in [-0.2, 0) is 20.4 Å². The van der Waals surface area contributed by atoms with Gasteiger partial charge in [-0.3, -0.25) is 4.79 Å².